The largest absolute Gasteiger partial charge is 0.308 e. The summed E-state index contributed by atoms with van der Waals surface area (Å²) >= 11 is 6.33. The summed E-state index contributed by atoms with van der Waals surface area (Å²) < 4.78 is 0. The van der Waals surface area contributed by atoms with Gasteiger partial charge in [-0.15, -0.1) is 0 Å². The third kappa shape index (κ3) is 3.65. The van der Waals surface area contributed by atoms with E-state index < -0.39 is 10.8 Å². The van der Waals surface area contributed by atoms with Gasteiger partial charge in [0.25, 0.3) is 17.5 Å². The number of rotatable bonds is 3. The van der Waals surface area contributed by atoms with E-state index in [-0.39, 0.29) is 29.4 Å². The summed E-state index contributed by atoms with van der Waals surface area (Å²) in [5, 5.41) is 19.1. The molecule has 138 valence electrons. The molecule has 0 aromatic heterocycles. The van der Waals surface area contributed by atoms with Crippen LogP contribution < -0.4 is 10.3 Å². The number of nitrogens with one attached hydrogen (secondary N) is 1. The van der Waals surface area contributed by atoms with Gasteiger partial charge in [-0.05, 0) is 37.1 Å². The molecule has 0 spiro atoms. The molecule has 1 heterocycles. The number of anilines is 1. The Kier molecular flexibility index (Phi) is 4.91. The molecule has 1 aliphatic heterocycles. The summed E-state index contributed by atoms with van der Waals surface area (Å²) in [6, 6.07) is 8.82. The Morgan fingerprint density at radius 3 is 2.74 bits per heavy atom. The van der Waals surface area contributed by atoms with Crippen molar-refractivity contribution in [1.29, 1.82) is 0 Å². The van der Waals surface area contributed by atoms with Crippen molar-refractivity contribution in [2.24, 2.45) is 5.10 Å². The fourth-order valence-corrected chi connectivity index (χ4v) is 2.87. The predicted molar refractivity (Wildman–Crippen MR) is 101 cm³/mol. The minimum atomic E-state index is -0.586. The van der Waals surface area contributed by atoms with E-state index in [1.54, 1.807) is 6.07 Å². The van der Waals surface area contributed by atoms with E-state index in [4.69, 9.17) is 11.6 Å². The van der Waals surface area contributed by atoms with E-state index in [2.05, 4.69) is 10.4 Å². The lowest BCUT2D eigenvalue weighted by Crippen LogP contribution is -2.29. The Bertz CT molecular complexity index is 1000. The molecule has 0 atom stereocenters. The molecule has 8 nitrogen and oxygen atoms in total. The summed E-state index contributed by atoms with van der Waals surface area (Å²) in [5.41, 5.74) is 2.16. The summed E-state index contributed by atoms with van der Waals surface area (Å²) in [6.07, 6.45) is -0.107. The highest BCUT2D eigenvalue weighted by Gasteiger charge is 2.28. The van der Waals surface area contributed by atoms with Crippen LogP contribution in [0.15, 0.2) is 41.5 Å². The molecule has 0 saturated carbocycles. The molecule has 0 aliphatic carbocycles. The molecule has 0 unspecified atom stereocenters. The van der Waals surface area contributed by atoms with Crippen molar-refractivity contribution in [3.8, 4) is 0 Å². The molecule has 1 N–H and O–H groups in total. The molecule has 1 aliphatic rings. The first kappa shape index (κ1) is 18.5. The van der Waals surface area contributed by atoms with Gasteiger partial charge >= 0.3 is 0 Å². The number of amides is 2. The van der Waals surface area contributed by atoms with Gasteiger partial charge in [-0.25, -0.2) is 0 Å². The van der Waals surface area contributed by atoms with Crippen molar-refractivity contribution < 1.29 is 14.5 Å². The number of nitrogens with zero attached hydrogens (tertiary/aromatic N) is 3. The number of nitro benzene ring substituents is 1. The zero-order valence-electron chi connectivity index (χ0n) is 14.5. The summed E-state index contributed by atoms with van der Waals surface area (Å²) in [4.78, 5) is 34.9. The Labute approximate surface area is 159 Å². The van der Waals surface area contributed by atoms with Gasteiger partial charge in [-0.1, -0.05) is 23.7 Å². The number of benzene rings is 2. The Balaban J connectivity index is 1.83. The van der Waals surface area contributed by atoms with Crippen LogP contribution in [0, 0.1) is 24.0 Å². The maximum atomic E-state index is 12.3. The quantitative estimate of drug-likeness (QED) is 0.645. The van der Waals surface area contributed by atoms with Crippen LogP contribution in [0.3, 0.4) is 0 Å². The monoisotopic (exact) mass is 386 g/mol. The van der Waals surface area contributed by atoms with Crippen molar-refractivity contribution in [2.75, 3.05) is 5.01 Å². The van der Waals surface area contributed by atoms with Crippen LogP contribution in [0.4, 0.5) is 11.4 Å². The van der Waals surface area contributed by atoms with Crippen LogP contribution in [0.5, 0.6) is 0 Å². The van der Waals surface area contributed by atoms with E-state index in [1.807, 2.05) is 19.9 Å². The maximum absolute atomic E-state index is 12.3. The van der Waals surface area contributed by atoms with Crippen molar-refractivity contribution in [3.05, 3.63) is 68.2 Å². The second-order valence-corrected chi connectivity index (χ2v) is 6.41. The minimum Gasteiger partial charge on any atom is -0.308 e. The lowest BCUT2D eigenvalue weighted by atomic mass is 10.1. The van der Waals surface area contributed by atoms with Crippen LogP contribution in [0.25, 0.3) is 0 Å². The molecule has 27 heavy (non-hydrogen) atoms. The normalized spacial score (nSPS) is 13.5. The summed E-state index contributed by atoms with van der Waals surface area (Å²) in [7, 11) is 0. The number of halogens is 1. The zero-order chi connectivity index (χ0) is 19.7. The van der Waals surface area contributed by atoms with Gasteiger partial charge in [0.1, 0.15) is 5.84 Å². The third-order valence-corrected chi connectivity index (χ3v) is 4.69. The summed E-state index contributed by atoms with van der Waals surface area (Å²) in [5.74, 6) is -0.779. The van der Waals surface area contributed by atoms with E-state index in [1.165, 1.54) is 18.2 Å². The lowest BCUT2D eigenvalue weighted by molar-refractivity contribution is -0.384. The number of carbonyl (C=O) groups excluding carboxylic acids is 2. The SMILES string of the molecule is Cc1ccc(N2N=C(NC(=O)c3cccc([N+](=O)[O-])c3)CC2=O)c(Cl)c1C. The molecule has 0 fully saturated rings. The highest BCUT2D eigenvalue weighted by atomic mass is 35.5. The fourth-order valence-electron chi connectivity index (χ4n) is 2.58. The molecule has 0 bridgehead atoms. The van der Waals surface area contributed by atoms with E-state index in [0.717, 1.165) is 22.2 Å². The highest BCUT2D eigenvalue weighted by Crippen LogP contribution is 2.33. The summed E-state index contributed by atoms with van der Waals surface area (Å²) in [6.45, 7) is 3.75. The molecule has 2 aromatic carbocycles. The zero-order valence-corrected chi connectivity index (χ0v) is 15.3. The number of non-ortho nitro benzene ring substituents is 1. The first-order chi connectivity index (χ1) is 12.8. The van der Waals surface area contributed by atoms with Crippen LogP contribution >= 0.6 is 11.6 Å². The second kappa shape index (κ2) is 7.16. The van der Waals surface area contributed by atoms with Crippen molar-refractivity contribution >= 4 is 40.6 Å². The van der Waals surface area contributed by atoms with E-state index >= 15 is 0 Å². The number of amidine groups is 1. The number of carbonyl (C=O) groups is 2. The number of nitro groups is 1. The van der Waals surface area contributed by atoms with E-state index in [9.17, 15) is 19.7 Å². The Morgan fingerprint density at radius 1 is 1.30 bits per heavy atom. The van der Waals surface area contributed by atoms with Crippen LogP contribution in [0.1, 0.15) is 27.9 Å². The minimum absolute atomic E-state index is 0.0991. The van der Waals surface area contributed by atoms with Gasteiger partial charge < -0.3 is 5.32 Å². The van der Waals surface area contributed by atoms with Gasteiger partial charge in [0.15, 0.2) is 0 Å². The predicted octanol–water partition coefficient (Wildman–Crippen LogP) is 3.35. The van der Waals surface area contributed by atoms with E-state index in [0.29, 0.717) is 10.7 Å². The molecular formula is C18H15ClN4O4. The topological polar surface area (TPSA) is 105 Å². The number of aryl methyl sites for hydroxylation is 1. The Hall–Kier alpha value is -3.26. The maximum Gasteiger partial charge on any atom is 0.270 e. The number of hydrogen-bond acceptors (Lipinski definition) is 5. The molecule has 2 amide bonds. The highest BCUT2D eigenvalue weighted by molar-refractivity contribution is 6.35. The smallest absolute Gasteiger partial charge is 0.270 e. The molecule has 0 radical (unpaired) electrons. The van der Waals surface area contributed by atoms with Gasteiger partial charge in [-0.3, -0.25) is 19.7 Å². The average molecular weight is 387 g/mol. The molecular weight excluding hydrogens is 372 g/mol. The molecule has 2 aromatic rings. The second-order valence-electron chi connectivity index (χ2n) is 6.03. The van der Waals surface area contributed by atoms with Crippen molar-refractivity contribution in [1.82, 2.24) is 5.32 Å². The average Bonchev–Trinajstić information content (AvgIpc) is 3.00. The number of hydrazone groups is 1. The van der Waals surface area contributed by atoms with Gasteiger partial charge in [0.05, 0.1) is 22.1 Å². The van der Waals surface area contributed by atoms with Crippen molar-refractivity contribution in [2.45, 2.75) is 20.3 Å². The lowest BCUT2D eigenvalue weighted by Gasteiger charge is -2.15. The van der Waals surface area contributed by atoms with Gasteiger partial charge in [0.2, 0.25) is 0 Å². The third-order valence-electron chi connectivity index (χ3n) is 4.22. The fraction of sp³-hybridized carbons (Fsp3) is 0.167. The van der Waals surface area contributed by atoms with Crippen LogP contribution in [-0.2, 0) is 4.79 Å². The van der Waals surface area contributed by atoms with Crippen LogP contribution in [0.2, 0.25) is 5.02 Å². The number of hydrogen-bond donors (Lipinski definition) is 1. The van der Waals surface area contributed by atoms with Crippen LogP contribution in [-0.4, -0.2) is 22.6 Å². The molecule has 9 heteroatoms. The molecule has 0 saturated heterocycles. The molecule has 3 rings (SSSR count). The standard InChI is InChI=1S/C18H15ClN4O4/c1-10-6-7-14(17(19)11(10)2)22-16(24)9-15(21-22)20-18(25)12-4-3-5-13(8-12)23(26)27/h3-8H,9H2,1-2H3,(H,20,21,25). The first-order valence-corrected chi connectivity index (χ1v) is 8.37. The van der Waals surface area contributed by atoms with Gasteiger partial charge in [-0.2, -0.15) is 10.1 Å². The first-order valence-electron chi connectivity index (χ1n) is 8.00. The van der Waals surface area contributed by atoms with Gasteiger partial charge in [0, 0.05) is 17.7 Å². The Morgan fingerprint density at radius 2 is 2.04 bits per heavy atom. The van der Waals surface area contributed by atoms with Crippen molar-refractivity contribution in [3.63, 3.8) is 0 Å².